The molecule has 31 heavy (non-hydrogen) atoms. The fourth-order valence-corrected chi connectivity index (χ4v) is 4.62. The molecule has 0 radical (unpaired) electrons. The van der Waals surface area contributed by atoms with Gasteiger partial charge in [0, 0.05) is 29.2 Å². The number of ether oxygens (including phenoxy) is 2. The molecular formula is C23H22N4O4. The van der Waals surface area contributed by atoms with Gasteiger partial charge in [0.15, 0.2) is 17.3 Å². The average molecular weight is 418 g/mol. The maximum absolute atomic E-state index is 13.5. The Morgan fingerprint density at radius 1 is 1.06 bits per heavy atom. The first-order chi connectivity index (χ1) is 15.1. The van der Waals surface area contributed by atoms with Crippen LogP contribution in [0.3, 0.4) is 0 Å². The molecule has 2 atom stereocenters. The summed E-state index contributed by atoms with van der Waals surface area (Å²) in [6.07, 6.45) is 2.34. The van der Waals surface area contributed by atoms with Crippen LogP contribution in [-0.4, -0.2) is 39.9 Å². The van der Waals surface area contributed by atoms with Crippen LogP contribution in [0.5, 0.6) is 17.2 Å². The number of allylic oxidation sites excluding steroid dienone is 2. The largest absolute Gasteiger partial charge is 0.508 e. The second kappa shape index (κ2) is 7.46. The molecule has 5 rings (SSSR count). The van der Waals surface area contributed by atoms with Crippen molar-refractivity contribution in [3.05, 3.63) is 71.2 Å². The number of aromatic nitrogens is 3. The Hall–Kier alpha value is -3.81. The van der Waals surface area contributed by atoms with Crippen LogP contribution in [0.25, 0.3) is 0 Å². The molecule has 0 saturated heterocycles. The highest BCUT2D eigenvalue weighted by Gasteiger charge is 2.41. The third-order valence-electron chi connectivity index (χ3n) is 5.97. The summed E-state index contributed by atoms with van der Waals surface area (Å²) in [5.74, 6) is 1.77. The minimum atomic E-state index is -0.489. The summed E-state index contributed by atoms with van der Waals surface area (Å²) in [6.45, 7) is 0. The number of benzene rings is 2. The van der Waals surface area contributed by atoms with Gasteiger partial charge in [-0.05, 0) is 24.1 Å². The third kappa shape index (κ3) is 3.02. The summed E-state index contributed by atoms with van der Waals surface area (Å²) in [5, 5.41) is 18.0. The summed E-state index contributed by atoms with van der Waals surface area (Å²) in [5.41, 5.74) is 2.97. The molecule has 1 aromatic heterocycles. The Labute approximate surface area is 179 Å². The van der Waals surface area contributed by atoms with Crippen LogP contribution in [0.2, 0.25) is 0 Å². The molecule has 8 nitrogen and oxygen atoms in total. The topological polar surface area (TPSA) is 98.5 Å². The van der Waals surface area contributed by atoms with Crippen LogP contribution in [0.15, 0.2) is 60.1 Å². The van der Waals surface area contributed by atoms with E-state index in [4.69, 9.17) is 9.47 Å². The van der Waals surface area contributed by atoms with Crippen LogP contribution in [-0.2, 0) is 4.79 Å². The van der Waals surface area contributed by atoms with E-state index < -0.39 is 6.04 Å². The summed E-state index contributed by atoms with van der Waals surface area (Å²) < 4.78 is 12.8. The van der Waals surface area contributed by atoms with Gasteiger partial charge in [-0.1, -0.05) is 30.3 Å². The molecule has 2 N–H and O–H groups in total. The molecule has 1 aliphatic heterocycles. The number of nitrogens with zero attached hydrogens (tertiary/aromatic N) is 3. The van der Waals surface area contributed by atoms with Gasteiger partial charge in [-0.15, -0.1) is 0 Å². The van der Waals surface area contributed by atoms with E-state index in [0.29, 0.717) is 35.9 Å². The van der Waals surface area contributed by atoms with Crippen molar-refractivity contribution in [1.29, 1.82) is 0 Å². The summed E-state index contributed by atoms with van der Waals surface area (Å²) in [7, 11) is 3.16. The predicted octanol–water partition coefficient (Wildman–Crippen LogP) is 3.42. The van der Waals surface area contributed by atoms with Gasteiger partial charge in [0.1, 0.15) is 18.1 Å². The lowest BCUT2D eigenvalue weighted by Crippen LogP contribution is -2.33. The van der Waals surface area contributed by atoms with Crippen molar-refractivity contribution in [2.75, 3.05) is 19.5 Å². The number of hydrogen-bond donors (Lipinski definition) is 2. The number of phenols is 1. The van der Waals surface area contributed by atoms with Gasteiger partial charge in [-0.3, -0.25) is 4.79 Å². The molecule has 1 aliphatic carbocycles. The SMILES string of the molecule is COc1cccc([C@H]2C3=C(C[C@H](c4ccccc4O)CC3=O)Nc3ncnn32)c1OC. The van der Waals surface area contributed by atoms with Gasteiger partial charge in [0.25, 0.3) is 0 Å². The van der Waals surface area contributed by atoms with E-state index in [-0.39, 0.29) is 17.5 Å². The highest BCUT2D eigenvalue weighted by molar-refractivity contribution is 6.00. The molecule has 2 aromatic carbocycles. The maximum atomic E-state index is 13.5. The van der Waals surface area contributed by atoms with Crippen molar-refractivity contribution in [2.24, 2.45) is 0 Å². The van der Waals surface area contributed by atoms with Gasteiger partial charge in [0.05, 0.1) is 14.2 Å². The van der Waals surface area contributed by atoms with Crippen molar-refractivity contribution in [3.63, 3.8) is 0 Å². The third-order valence-corrected chi connectivity index (χ3v) is 5.97. The summed E-state index contributed by atoms with van der Waals surface area (Å²) in [4.78, 5) is 17.8. The second-order valence-corrected chi connectivity index (χ2v) is 7.62. The van der Waals surface area contributed by atoms with Crippen molar-refractivity contribution < 1.29 is 19.4 Å². The molecule has 0 bridgehead atoms. The monoisotopic (exact) mass is 418 g/mol. The first-order valence-corrected chi connectivity index (χ1v) is 10.0. The van der Waals surface area contributed by atoms with Crippen LogP contribution in [0, 0.1) is 0 Å². The zero-order valence-corrected chi connectivity index (χ0v) is 17.2. The van der Waals surface area contributed by atoms with E-state index in [0.717, 1.165) is 16.8 Å². The highest BCUT2D eigenvalue weighted by atomic mass is 16.5. The first kappa shape index (κ1) is 19.2. The molecule has 0 fully saturated rings. The molecular weight excluding hydrogens is 396 g/mol. The number of phenolic OH excluding ortho intramolecular Hbond substituents is 1. The summed E-state index contributed by atoms with van der Waals surface area (Å²) >= 11 is 0. The van der Waals surface area contributed by atoms with Crippen molar-refractivity contribution >= 4 is 11.7 Å². The van der Waals surface area contributed by atoms with E-state index in [9.17, 15) is 9.90 Å². The molecule has 158 valence electrons. The summed E-state index contributed by atoms with van der Waals surface area (Å²) in [6, 6.07) is 12.3. The van der Waals surface area contributed by atoms with Gasteiger partial charge in [-0.25, -0.2) is 4.68 Å². The first-order valence-electron chi connectivity index (χ1n) is 10.0. The Bertz CT molecular complexity index is 1200. The van der Waals surface area contributed by atoms with E-state index >= 15 is 0 Å². The molecule has 2 heterocycles. The lowest BCUT2D eigenvalue weighted by atomic mass is 9.77. The number of Topliss-reactive ketones (excluding diaryl/α,β-unsaturated/α-hetero) is 1. The molecule has 0 saturated carbocycles. The lowest BCUT2D eigenvalue weighted by Gasteiger charge is -2.35. The Balaban J connectivity index is 1.65. The highest BCUT2D eigenvalue weighted by Crippen LogP contribution is 2.48. The Morgan fingerprint density at radius 3 is 2.65 bits per heavy atom. The zero-order valence-electron chi connectivity index (χ0n) is 17.2. The number of anilines is 1. The van der Waals surface area contributed by atoms with Gasteiger partial charge in [0.2, 0.25) is 5.95 Å². The maximum Gasteiger partial charge on any atom is 0.226 e. The van der Waals surface area contributed by atoms with Gasteiger partial charge < -0.3 is 19.9 Å². The van der Waals surface area contributed by atoms with Crippen molar-refractivity contribution in [1.82, 2.24) is 14.8 Å². The van der Waals surface area contributed by atoms with Crippen molar-refractivity contribution in [2.45, 2.75) is 24.8 Å². The minimum Gasteiger partial charge on any atom is -0.508 e. The van der Waals surface area contributed by atoms with Crippen LogP contribution >= 0.6 is 0 Å². The number of para-hydroxylation sites is 2. The van der Waals surface area contributed by atoms with Gasteiger partial charge >= 0.3 is 0 Å². The van der Waals surface area contributed by atoms with Crippen LogP contribution in [0.1, 0.15) is 35.9 Å². The average Bonchev–Trinajstić information content (AvgIpc) is 3.25. The lowest BCUT2D eigenvalue weighted by molar-refractivity contribution is -0.116. The number of fused-ring (bicyclic) bond motifs is 1. The fourth-order valence-electron chi connectivity index (χ4n) is 4.62. The number of carbonyl (C=O) groups excluding carboxylic acids is 1. The van der Waals surface area contributed by atoms with E-state index in [1.807, 2.05) is 30.3 Å². The molecule has 8 heteroatoms. The molecule has 2 aliphatic rings. The number of methoxy groups -OCH3 is 2. The number of hydrogen-bond acceptors (Lipinski definition) is 7. The zero-order chi connectivity index (χ0) is 21.5. The number of rotatable bonds is 4. The molecule has 0 unspecified atom stereocenters. The van der Waals surface area contributed by atoms with Crippen LogP contribution in [0.4, 0.5) is 5.95 Å². The number of aromatic hydroxyl groups is 1. The predicted molar refractivity (Wildman–Crippen MR) is 113 cm³/mol. The minimum absolute atomic E-state index is 0.00183. The fraction of sp³-hybridized carbons (Fsp3) is 0.261. The normalized spacial score (nSPS) is 20.0. The number of nitrogens with one attached hydrogen (secondary N) is 1. The van der Waals surface area contributed by atoms with Crippen LogP contribution < -0.4 is 14.8 Å². The quantitative estimate of drug-likeness (QED) is 0.670. The molecule has 0 spiro atoms. The van der Waals surface area contributed by atoms with E-state index in [1.165, 1.54) is 6.33 Å². The second-order valence-electron chi connectivity index (χ2n) is 7.62. The van der Waals surface area contributed by atoms with Gasteiger partial charge in [-0.2, -0.15) is 10.1 Å². The van der Waals surface area contributed by atoms with E-state index in [2.05, 4.69) is 15.4 Å². The number of carbonyl (C=O) groups is 1. The van der Waals surface area contributed by atoms with Crippen molar-refractivity contribution in [3.8, 4) is 17.2 Å². The Morgan fingerprint density at radius 2 is 1.87 bits per heavy atom. The Kier molecular flexibility index (Phi) is 4.62. The standard InChI is InChI=1S/C23H22N4O4/c1-30-19-9-5-7-15(22(19)31-2)21-20-16(26-23-24-12-25-27(21)23)10-13(11-18(20)29)14-6-3-4-8-17(14)28/h3-9,12-13,21,28H,10-11H2,1-2H3,(H,24,25,26)/t13-,21-/m0/s1. The molecule has 0 amide bonds. The smallest absolute Gasteiger partial charge is 0.226 e. The van der Waals surface area contributed by atoms with E-state index in [1.54, 1.807) is 31.0 Å². The molecule has 3 aromatic rings. The number of ketones is 1.